The molecule has 432 valence electrons. The molecule has 0 bridgehead atoms. The van der Waals surface area contributed by atoms with Crippen molar-refractivity contribution in [2.75, 3.05) is 13.2 Å². The van der Waals surface area contributed by atoms with E-state index in [1.807, 2.05) is 0 Å². The lowest BCUT2D eigenvalue weighted by Gasteiger charge is -2.18. The Kier molecular flexibility index (Phi) is 60.7. The first-order valence-electron chi connectivity index (χ1n) is 32.6. The molecule has 0 heterocycles. The summed E-state index contributed by atoms with van der Waals surface area (Å²) in [6.07, 6.45) is 78.3. The van der Waals surface area contributed by atoms with Crippen molar-refractivity contribution in [2.24, 2.45) is 0 Å². The SMILES string of the molecule is CCCCC/C=C\C/C=C\CCCCCCCCCCCC(=O)OC(COC(=O)CCCCCCC/C=C\CCCCCCCCC)COC(=O)CCCCCCCCCCC/C=C\CCCCCCCCCC. The summed E-state index contributed by atoms with van der Waals surface area (Å²) in [6.45, 7) is 6.65. The Hall–Kier alpha value is -2.63. The van der Waals surface area contributed by atoms with Gasteiger partial charge in [0.2, 0.25) is 0 Å². The number of esters is 3. The van der Waals surface area contributed by atoms with E-state index in [1.165, 1.54) is 238 Å². The highest BCUT2D eigenvalue weighted by Gasteiger charge is 2.19. The van der Waals surface area contributed by atoms with Gasteiger partial charge in [-0.05, 0) is 103 Å². The fraction of sp³-hybridized carbons (Fsp3) is 0.838. The van der Waals surface area contributed by atoms with E-state index in [0.717, 1.165) is 70.6 Å². The van der Waals surface area contributed by atoms with Gasteiger partial charge in [0.25, 0.3) is 0 Å². The standard InChI is InChI=1S/C68H124O6/c1-4-7-10-13-16-19-22-25-28-31-33-34-36-37-40-43-46-49-52-55-58-61-67(70)73-64-65(63-72-66(69)60-57-54-51-48-45-42-39-30-27-24-21-18-15-12-9-6-3)74-68(71)62-59-56-53-50-47-44-41-38-35-32-29-26-23-20-17-14-11-8-5-2/h17,20,26,29-31,33,39,65H,4-16,18-19,21-25,27-28,32,34-38,40-64H2,1-3H3/b20-17-,29-26-,33-31-,39-30-. The minimum atomic E-state index is -0.780. The maximum atomic E-state index is 12.9. The fourth-order valence-electron chi connectivity index (χ4n) is 9.58. The zero-order chi connectivity index (χ0) is 53.6. The molecule has 0 aliphatic rings. The number of carbonyl (C=O) groups excluding carboxylic acids is 3. The number of hydrogen-bond donors (Lipinski definition) is 0. The molecule has 0 N–H and O–H groups in total. The number of carbonyl (C=O) groups is 3. The zero-order valence-electron chi connectivity index (χ0n) is 49.6. The molecular weight excluding hydrogens is 913 g/mol. The summed E-state index contributed by atoms with van der Waals surface area (Å²) in [5.41, 5.74) is 0. The van der Waals surface area contributed by atoms with Crippen LogP contribution in [0.1, 0.15) is 348 Å². The van der Waals surface area contributed by atoms with Gasteiger partial charge < -0.3 is 14.2 Å². The van der Waals surface area contributed by atoms with Crippen molar-refractivity contribution >= 4 is 17.9 Å². The third kappa shape index (κ3) is 60.2. The molecule has 0 saturated carbocycles. The molecule has 6 heteroatoms. The minimum absolute atomic E-state index is 0.0762. The molecule has 0 rings (SSSR count). The first-order valence-corrected chi connectivity index (χ1v) is 32.6. The molecule has 0 aromatic rings. The fourth-order valence-corrected chi connectivity index (χ4v) is 9.58. The van der Waals surface area contributed by atoms with Crippen LogP contribution in [0.2, 0.25) is 0 Å². The smallest absolute Gasteiger partial charge is 0.306 e. The van der Waals surface area contributed by atoms with Crippen molar-refractivity contribution in [1.82, 2.24) is 0 Å². The van der Waals surface area contributed by atoms with Gasteiger partial charge >= 0.3 is 17.9 Å². The maximum Gasteiger partial charge on any atom is 0.306 e. The van der Waals surface area contributed by atoms with E-state index in [2.05, 4.69) is 69.4 Å². The summed E-state index contributed by atoms with van der Waals surface area (Å²) in [5, 5.41) is 0. The van der Waals surface area contributed by atoms with E-state index < -0.39 is 6.10 Å². The molecule has 1 unspecified atom stereocenters. The van der Waals surface area contributed by atoms with Crippen molar-refractivity contribution in [2.45, 2.75) is 354 Å². The number of ether oxygens (including phenoxy) is 3. The molecule has 0 spiro atoms. The van der Waals surface area contributed by atoms with Crippen LogP contribution in [0.3, 0.4) is 0 Å². The number of unbranched alkanes of at least 4 members (excludes halogenated alkanes) is 41. The quantitative estimate of drug-likeness (QED) is 0.0261. The second-order valence-corrected chi connectivity index (χ2v) is 22.0. The molecule has 0 saturated heterocycles. The molecule has 0 aliphatic heterocycles. The van der Waals surface area contributed by atoms with Crippen LogP contribution < -0.4 is 0 Å². The molecule has 0 aromatic heterocycles. The van der Waals surface area contributed by atoms with Gasteiger partial charge in [-0.25, -0.2) is 0 Å². The largest absolute Gasteiger partial charge is 0.462 e. The van der Waals surface area contributed by atoms with Gasteiger partial charge in [-0.2, -0.15) is 0 Å². The molecule has 0 aliphatic carbocycles. The molecule has 74 heavy (non-hydrogen) atoms. The highest BCUT2D eigenvalue weighted by Crippen LogP contribution is 2.17. The summed E-state index contributed by atoms with van der Waals surface area (Å²) in [4.78, 5) is 38.3. The van der Waals surface area contributed by atoms with Crippen LogP contribution in [0.25, 0.3) is 0 Å². The second-order valence-electron chi connectivity index (χ2n) is 22.0. The third-order valence-corrected chi connectivity index (χ3v) is 14.5. The van der Waals surface area contributed by atoms with Crippen molar-refractivity contribution in [3.63, 3.8) is 0 Å². The molecule has 0 radical (unpaired) electrons. The number of rotatable bonds is 60. The highest BCUT2D eigenvalue weighted by atomic mass is 16.6. The van der Waals surface area contributed by atoms with Crippen LogP contribution in [0, 0.1) is 0 Å². The second kappa shape index (κ2) is 62.9. The maximum absolute atomic E-state index is 12.9. The first-order chi connectivity index (χ1) is 36.5. The van der Waals surface area contributed by atoms with E-state index in [-0.39, 0.29) is 31.1 Å². The van der Waals surface area contributed by atoms with Crippen molar-refractivity contribution in [1.29, 1.82) is 0 Å². The predicted molar refractivity (Wildman–Crippen MR) is 321 cm³/mol. The van der Waals surface area contributed by atoms with Crippen LogP contribution in [0.15, 0.2) is 48.6 Å². The third-order valence-electron chi connectivity index (χ3n) is 14.5. The Bertz CT molecular complexity index is 1280. The number of hydrogen-bond acceptors (Lipinski definition) is 6. The Morgan fingerprint density at radius 1 is 0.270 bits per heavy atom. The van der Waals surface area contributed by atoms with Gasteiger partial charge in [0, 0.05) is 19.3 Å². The molecule has 1 atom stereocenters. The Morgan fingerprint density at radius 3 is 0.784 bits per heavy atom. The Balaban J connectivity index is 4.35. The Morgan fingerprint density at radius 2 is 0.486 bits per heavy atom. The average Bonchev–Trinajstić information content (AvgIpc) is 3.40. The monoisotopic (exact) mass is 1040 g/mol. The minimum Gasteiger partial charge on any atom is -0.462 e. The van der Waals surface area contributed by atoms with Gasteiger partial charge in [-0.1, -0.05) is 275 Å². The van der Waals surface area contributed by atoms with E-state index >= 15 is 0 Å². The molecule has 0 aromatic carbocycles. The lowest BCUT2D eigenvalue weighted by atomic mass is 10.1. The summed E-state index contributed by atoms with van der Waals surface area (Å²) in [6, 6.07) is 0. The summed E-state index contributed by atoms with van der Waals surface area (Å²) in [7, 11) is 0. The normalized spacial score (nSPS) is 12.3. The average molecular weight is 1040 g/mol. The van der Waals surface area contributed by atoms with Gasteiger partial charge in [0.1, 0.15) is 13.2 Å². The van der Waals surface area contributed by atoms with Gasteiger partial charge in [0.15, 0.2) is 6.10 Å². The summed E-state index contributed by atoms with van der Waals surface area (Å²) >= 11 is 0. The van der Waals surface area contributed by atoms with Crippen molar-refractivity contribution in [3.8, 4) is 0 Å². The summed E-state index contributed by atoms with van der Waals surface area (Å²) in [5.74, 6) is -0.870. The van der Waals surface area contributed by atoms with Gasteiger partial charge in [-0.3, -0.25) is 14.4 Å². The van der Waals surface area contributed by atoms with E-state index in [1.54, 1.807) is 0 Å². The van der Waals surface area contributed by atoms with E-state index in [0.29, 0.717) is 19.3 Å². The highest BCUT2D eigenvalue weighted by molar-refractivity contribution is 5.71. The molecule has 6 nitrogen and oxygen atoms in total. The predicted octanol–water partition coefficient (Wildman–Crippen LogP) is 22.2. The molecule has 0 fully saturated rings. The van der Waals surface area contributed by atoms with Crippen LogP contribution in [-0.2, 0) is 28.6 Å². The molecular formula is C68H124O6. The van der Waals surface area contributed by atoms with Crippen LogP contribution in [0.4, 0.5) is 0 Å². The summed E-state index contributed by atoms with van der Waals surface area (Å²) < 4.78 is 16.9. The first kappa shape index (κ1) is 71.4. The Labute approximate surface area is 460 Å². The van der Waals surface area contributed by atoms with Gasteiger partial charge in [0.05, 0.1) is 0 Å². The van der Waals surface area contributed by atoms with Crippen LogP contribution >= 0.6 is 0 Å². The van der Waals surface area contributed by atoms with Crippen molar-refractivity contribution in [3.05, 3.63) is 48.6 Å². The van der Waals surface area contributed by atoms with E-state index in [4.69, 9.17) is 14.2 Å². The molecule has 0 amide bonds. The topological polar surface area (TPSA) is 78.9 Å². The van der Waals surface area contributed by atoms with Gasteiger partial charge in [-0.15, -0.1) is 0 Å². The lowest BCUT2D eigenvalue weighted by molar-refractivity contribution is -0.167. The van der Waals surface area contributed by atoms with Crippen LogP contribution in [0.5, 0.6) is 0 Å². The lowest BCUT2D eigenvalue weighted by Crippen LogP contribution is -2.30. The van der Waals surface area contributed by atoms with E-state index in [9.17, 15) is 14.4 Å². The van der Waals surface area contributed by atoms with Crippen molar-refractivity contribution < 1.29 is 28.6 Å². The zero-order valence-corrected chi connectivity index (χ0v) is 49.6. The number of allylic oxidation sites excluding steroid dienone is 8. The van der Waals surface area contributed by atoms with Crippen LogP contribution in [-0.4, -0.2) is 37.2 Å².